The van der Waals surface area contributed by atoms with Crippen LogP contribution in [0.25, 0.3) is 0 Å². The third-order valence-corrected chi connectivity index (χ3v) is 2.97. The number of anilines is 1. The Hall–Kier alpha value is -2.63. The lowest BCUT2D eigenvalue weighted by atomic mass is 10.1. The molecule has 0 atom stereocenters. The van der Waals surface area contributed by atoms with Crippen LogP contribution in [0.4, 0.5) is 10.2 Å². The van der Waals surface area contributed by atoms with E-state index in [9.17, 15) is 14.3 Å². The van der Waals surface area contributed by atoms with Gasteiger partial charge >= 0.3 is 0 Å². The van der Waals surface area contributed by atoms with Gasteiger partial charge in [-0.15, -0.1) is 0 Å². The van der Waals surface area contributed by atoms with E-state index in [0.29, 0.717) is 18.8 Å². The first kappa shape index (κ1) is 14.8. The number of nitrogens with zero attached hydrogens (tertiary/aromatic N) is 1. The van der Waals surface area contributed by atoms with Crippen LogP contribution in [0.3, 0.4) is 0 Å². The highest BCUT2D eigenvalue weighted by Gasteiger charge is 2.12. The second-order valence-electron chi connectivity index (χ2n) is 4.47. The average Bonchev–Trinajstić information content (AvgIpc) is 2.49. The second-order valence-corrected chi connectivity index (χ2v) is 4.47. The minimum absolute atomic E-state index is 0.170. The predicted octanol–water partition coefficient (Wildman–Crippen LogP) is 1.94. The number of halogens is 1. The van der Waals surface area contributed by atoms with Crippen molar-refractivity contribution in [3.63, 3.8) is 0 Å². The molecule has 1 amide bonds. The maximum atomic E-state index is 13.2. The van der Waals surface area contributed by atoms with Gasteiger partial charge in [0.05, 0.1) is 11.8 Å². The SMILES string of the molecule is CNc1ncc(F)cc1C(=O)NCCc1ccc(O)cc1. The Kier molecular flexibility index (Phi) is 4.71. The molecule has 0 aliphatic rings. The van der Waals surface area contributed by atoms with E-state index >= 15 is 0 Å². The fraction of sp³-hybridized carbons (Fsp3) is 0.200. The van der Waals surface area contributed by atoms with Gasteiger partial charge in [0.15, 0.2) is 0 Å². The van der Waals surface area contributed by atoms with Gasteiger partial charge in [0.2, 0.25) is 0 Å². The van der Waals surface area contributed by atoms with E-state index in [1.807, 2.05) is 0 Å². The van der Waals surface area contributed by atoms with Crippen LogP contribution < -0.4 is 10.6 Å². The summed E-state index contributed by atoms with van der Waals surface area (Å²) in [6.07, 6.45) is 1.67. The van der Waals surface area contributed by atoms with Crippen LogP contribution in [0.15, 0.2) is 36.5 Å². The zero-order valence-electron chi connectivity index (χ0n) is 11.6. The lowest BCUT2D eigenvalue weighted by Crippen LogP contribution is -2.26. The molecule has 1 heterocycles. The maximum absolute atomic E-state index is 13.2. The van der Waals surface area contributed by atoms with Crippen molar-refractivity contribution in [3.05, 3.63) is 53.5 Å². The standard InChI is InChI=1S/C15H16FN3O2/c1-17-14-13(8-11(16)9-19-14)15(21)18-7-6-10-2-4-12(20)5-3-10/h2-5,8-9,20H,6-7H2,1H3,(H,17,19)(H,18,21). The Morgan fingerprint density at radius 1 is 1.33 bits per heavy atom. The Bertz CT molecular complexity index is 629. The lowest BCUT2D eigenvalue weighted by molar-refractivity contribution is 0.0954. The fourth-order valence-electron chi connectivity index (χ4n) is 1.89. The molecule has 0 saturated heterocycles. The fourth-order valence-corrected chi connectivity index (χ4v) is 1.89. The first-order valence-corrected chi connectivity index (χ1v) is 6.49. The molecule has 3 N–H and O–H groups in total. The van der Waals surface area contributed by atoms with E-state index in [0.717, 1.165) is 17.8 Å². The third kappa shape index (κ3) is 3.92. The van der Waals surface area contributed by atoms with Gasteiger partial charge in [-0.25, -0.2) is 9.37 Å². The minimum Gasteiger partial charge on any atom is -0.508 e. The molecule has 0 radical (unpaired) electrons. The maximum Gasteiger partial charge on any atom is 0.255 e. The summed E-state index contributed by atoms with van der Waals surface area (Å²) >= 11 is 0. The molecule has 21 heavy (non-hydrogen) atoms. The highest BCUT2D eigenvalue weighted by Crippen LogP contribution is 2.13. The molecule has 0 aliphatic carbocycles. The first-order chi connectivity index (χ1) is 10.1. The number of phenols is 1. The Morgan fingerprint density at radius 2 is 2.05 bits per heavy atom. The van der Waals surface area contributed by atoms with Gasteiger partial charge < -0.3 is 15.7 Å². The molecule has 6 heteroatoms. The number of aromatic nitrogens is 1. The van der Waals surface area contributed by atoms with E-state index in [1.54, 1.807) is 31.3 Å². The molecule has 0 unspecified atom stereocenters. The summed E-state index contributed by atoms with van der Waals surface area (Å²) < 4.78 is 13.2. The van der Waals surface area contributed by atoms with E-state index in [1.165, 1.54) is 0 Å². The van der Waals surface area contributed by atoms with Crippen molar-refractivity contribution in [2.75, 3.05) is 18.9 Å². The number of hydrogen-bond donors (Lipinski definition) is 3. The summed E-state index contributed by atoms with van der Waals surface area (Å²) in [5, 5.41) is 14.7. The predicted molar refractivity (Wildman–Crippen MR) is 77.9 cm³/mol. The molecule has 1 aromatic heterocycles. The van der Waals surface area contributed by atoms with Gasteiger partial charge in [-0.2, -0.15) is 0 Å². The van der Waals surface area contributed by atoms with Crippen molar-refractivity contribution >= 4 is 11.7 Å². The molecule has 0 bridgehead atoms. The molecule has 5 nitrogen and oxygen atoms in total. The molecule has 0 saturated carbocycles. The summed E-state index contributed by atoms with van der Waals surface area (Å²) in [5.74, 6) is -0.409. The van der Waals surface area contributed by atoms with Crippen LogP contribution in [0.5, 0.6) is 5.75 Å². The molecule has 0 fully saturated rings. The van der Waals surface area contributed by atoms with Crippen LogP contribution in [-0.4, -0.2) is 29.6 Å². The van der Waals surface area contributed by atoms with E-state index in [-0.39, 0.29) is 17.2 Å². The van der Waals surface area contributed by atoms with Crippen LogP contribution in [0, 0.1) is 5.82 Å². The van der Waals surface area contributed by atoms with Gasteiger partial charge in [0.25, 0.3) is 5.91 Å². The van der Waals surface area contributed by atoms with Gasteiger partial charge in [-0.05, 0) is 30.2 Å². The van der Waals surface area contributed by atoms with Gasteiger partial charge in [0, 0.05) is 13.6 Å². The van der Waals surface area contributed by atoms with Crippen molar-refractivity contribution < 1.29 is 14.3 Å². The molecule has 0 spiro atoms. The Morgan fingerprint density at radius 3 is 2.71 bits per heavy atom. The van der Waals surface area contributed by atoms with Crippen molar-refractivity contribution in [1.29, 1.82) is 0 Å². The molecule has 110 valence electrons. The van der Waals surface area contributed by atoms with E-state index < -0.39 is 5.82 Å². The van der Waals surface area contributed by atoms with Crippen molar-refractivity contribution in [1.82, 2.24) is 10.3 Å². The van der Waals surface area contributed by atoms with Gasteiger partial charge in [0.1, 0.15) is 17.4 Å². The molecule has 1 aromatic carbocycles. The summed E-state index contributed by atoms with van der Waals surface area (Å²) in [6.45, 7) is 0.406. The number of carbonyl (C=O) groups is 1. The quantitative estimate of drug-likeness (QED) is 0.786. The number of carbonyl (C=O) groups excluding carboxylic acids is 1. The molecule has 0 aliphatic heterocycles. The van der Waals surface area contributed by atoms with Crippen molar-refractivity contribution in [2.45, 2.75) is 6.42 Å². The van der Waals surface area contributed by atoms with Crippen LogP contribution >= 0.6 is 0 Å². The molecular formula is C15H16FN3O2. The third-order valence-electron chi connectivity index (χ3n) is 2.97. The van der Waals surface area contributed by atoms with Crippen molar-refractivity contribution in [2.24, 2.45) is 0 Å². The number of benzene rings is 1. The topological polar surface area (TPSA) is 74.2 Å². The minimum atomic E-state index is -0.558. The van der Waals surface area contributed by atoms with Crippen molar-refractivity contribution in [3.8, 4) is 5.75 Å². The summed E-state index contributed by atoms with van der Waals surface area (Å²) in [7, 11) is 1.62. The summed E-state index contributed by atoms with van der Waals surface area (Å²) in [6, 6.07) is 7.89. The van der Waals surface area contributed by atoms with Crippen LogP contribution in [-0.2, 0) is 6.42 Å². The number of hydrogen-bond acceptors (Lipinski definition) is 4. The number of pyridine rings is 1. The molecule has 2 rings (SSSR count). The van der Waals surface area contributed by atoms with E-state index in [2.05, 4.69) is 15.6 Å². The second kappa shape index (κ2) is 6.69. The summed E-state index contributed by atoms with van der Waals surface area (Å²) in [5.41, 5.74) is 1.16. The van der Waals surface area contributed by atoms with Gasteiger partial charge in [-0.3, -0.25) is 4.79 Å². The zero-order chi connectivity index (χ0) is 15.2. The number of nitrogens with one attached hydrogen (secondary N) is 2. The number of phenolic OH excluding ortho intramolecular Hbond substituents is 1. The summed E-state index contributed by atoms with van der Waals surface area (Å²) in [4.78, 5) is 15.8. The number of aromatic hydroxyl groups is 1. The normalized spacial score (nSPS) is 10.2. The first-order valence-electron chi connectivity index (χ1n) is 6.49. The number of amides is 1. The monoisotopic (exact) mass is 289 g/mol. The Balaban J connectivity index is 1.95. The molecular weight excluding hydrogens is 273 g/mol. The van der Waals surface area contributed by atoms with E-state index in [4.69, 9.17) is 0 Å². The van der Waals surface area contributed by atoms with Crippen LogP contribution in [0.2, 0.25) is 0 Å². The lowest BCUT2D eigenvalue weighted by Gasteiger charge is -2.09. The Labute approximate surface area is 121 Å². The zero-order valence-corrected chi connectivity index (χ0v) is 11.6. The van der Waals surface area contributed by atoms with Gasteiger partial charge in [-0.1, -0.05) is 12.1 Å². The highest BCUT2D eigenvalue weighted by atomic mass is 19.1. The van der Waals surface area contributed by atoms with Crippen LogP contribution in [0.1, 0.15) is 15.9 Å². The molecule has 2 aromatic rings. The smallest absolute Gasteiger partial charge is 0.255 e. The average molecular weight is 289 g/mol. The number of rotatable bonds is 5. The largest absolute Gasteiger partial charge is 0.508 e. The highest BCUT2D eigenvalue weighted by molar-refractivity contribution is 5.98.